The number of aromatic carboxylic acids is 1. The number of carboxylic acids is 1. The number of para-hydroxylation sites is 1. The van der Waals surface area contributed by atoms with Crippen molar-refractivity contribution in [2.24, 2.45) is 0 Å². The zero-order valence-electron chi connectivity index (χ0n) is 23.4. The maximum absolute atomic E-state index is 13.9. The van der Waals surface area contributed by atoms with Crippen molar-refractivity contribution in [3.63, 3.8) is 0 Å². The molecule has 0 saturated carbocycles. The van der Waals surface area contributed by atoms with E-state index in [1.54, 1.807) is 48.2 Å². The van der Waals surface area contributed by atoms with E-state index in [4.69, 9.17) is 4.74 Å². The number of anilines is 2. The molecule has 42 heavy (non-hydrogen) atoms. The number of carbonyl (C=O) groups is 2. The first-order valence-corrected chi connectivity index (χ1v) is 14.7. The molecule has 0 bridgehead atoms. The topological polar surface area (TPSA) is 126 Å². The standard InChI is InChI=1S/C32H31N3O6S/c1-4-35(25-10-6-5-7-11-25)29(36)17-12-23-19-22(2)30(28(20-23)32(37)38)34-31(24-9-8-18-33-21-24)42(39,40)27-15-13-26(41-3)14-16-27/h5-21,31,34H,4H2,1-3H3,(H,37,38)/b17-12+. The molecule has 0 fully saturated rings. The summed E-state index contributed by atoms with van der Waals surface area (Å²) in [7, 11) is -2.59. The van der Waals surface area contributed by atoms with Crippen LogP contribution in [-0.4, -0.2) is 44.0 Å². The molecule has 1 heterocycles. The Balaban J connectivity index is 1.71. The fraction of sp³-hybridized carbons (Fsp3) is 0.156. The number of carbonyl (C=O) groups excluding carboxylic acids is 1. The zero-order chi connectivity index (χ0) is 30.3. The Bertz CT molecular complexity index is 1690. The van der Waals surface area contributed by atoms with Gasteiger partial charge in [-0.15, -0.1) is 0 Å². The minimum Gasteiger partial charge on any atom is -0.497 e. The average Bonchev–Trinajstić information content (AvgIpc) is 3.00. The molecular formula is C32H31N3O6S. The van der Waals surface area contributed by atoms with E-state index in [-0.39, 0.29) is 22.1 Å². The number of pyridine rings is 1. The maximum Gasteiger partial charge on any atom is 0.337 e. The molecule has 0 aliphatic heterocycles. The highest BCUT2D eigenvalue weighted by Crippen LogP contribution is 2.34. The molecule has 1 aromatic heterocycles. The van der Waals surface area contributed by atoms with Gasteiger partial charge in [-0.1, -0.05) is 24.3 Å². The van der Waals surface area contributed by atoms with E-state index in [0.29, 0.717) is 29.0 Å². The lowest BCUT2D eigenvalue weighted by Crippen LogP contribution is -2.28. The van der Waals surface area contributed by atoms with Gasteiger partial charge in [-0.05, 0) is 85.6 Å². The summed E-state index contributed by atoms with van der Waals surface area (Å²) in [6.07, 6.45) is 5.87. The molecule has 216 valence electrons. The summed E-state index contributed by atoms with van der Waals surface area (Å²) >= 11 is 0. The Morgan fingerprint density at radius 1 is 1.05 bits per heavy atom. The Labute approximate surface area is 245 Å². The Kier molecular flexibility index (Phi) is 9.39. The van der Waals surface area contributed by atoms with E-state index >= 15 is 0 Å². The number of methoxy groups -OCH3 is 1. The van der Waals surface area contributed by atoms with Crippen LogP contribution in [0.1, 0.15) is 39.3 Å². The number of hydrogen-bond acceptors (Lipinski definition) is 7. The van der Waals surface area contributed by atoms with Crippen LogP contribution in [0.3, 0.4) is 0 Å². The number of sulfone groups is 1. The van der Waals surface area contributed by atoms with Crippen LogP contribution in [0, 0.1) is 6.92 Å². The van der Waals surface area contributed by atoms with E-state index in [0.717, 1.165) is 5.69 Å². The number of ether oxygens (including phenoxy) is 1. The molecule has 10 heteroatoms. The SMILES string of the molecule is CCN(C(=O)/C=C/c1cc(C)c(NC(c2cccnc2)S(=O)(=O)c2ccc(OC)cc2)c(C(=O)O)c1)c1ccccc1. The highest BCUT2D eigenvalue weighted by molar-refractivity contribution is 7.91. The Morgan fingerprint density at radius 3 is 2.36 bits per heavy atom. The van der Waals surface area contributed by atoms with Crippen LogP contribution >= 0.6 is 0 Å². The van der Waals surface area contributed by atoms with Gasteiger partial charge in [-0.2, -0.15) is 0 Å². The van der Waals surface area contributed by atoms with Gasteiger partial charge in [0, 0.05) is 36.3 Å². The third-order valence-corrected chi connectivity index (χ3v) is 8.56. The normalized spacial score (nSPS) is 12.1. The minimum absolute atomic E-state index is 0.0242. The molecular weight excluding hydrogens is 554 g/mol. The maximum atomic E-state index is 13.9. The summed E-state index contributed by atoms with van der Waals surface area (Å²) in [6, 6.07) is 21.5. The second-order valence-electron chi connectivity index (χ2n) is 9.35. The van der Waals surface area contributed by atoms with Gasteiger partial charge in [-0.25, -0.2) is 13.2 Å². The number of nitrogens with one attached hydrogen (secondary N) is 1. The molecule has 4 aromatic rings. The number of nitrogens with zero attached hydrogens (tertiary/aromatic N) is 2. The molecule has 0 aliphatic rings. The van der Waals surface area contributed by atoms with Crippen molar-refractivity contribution in [2.45, 2.75) is 24.1 Å². The summed E-state index contributed by atoms with van der Waals surface area (Å²) < 4.78 is 32.9. The molecule has 3 aromatic carbocycles. The second kappa shape index (κ2) is 13.1. The number of aromatic nitrogens is 1. The van der Waals surface area contributed by atoms with Gasteiger partial charge in [0.25, 0.3) is 5.91 Å². The number of likely N-dealkylation sites (N-methyl/N-ethyl adjacent to an activating group) is 1. The van der Waals surface area contributed by atoms with Crippen molar-refractivity contribution in [1.29, 1.82) is 0 Å². The molecule has 0 radical (unpaired) electrons. The first-order valence-electron chi connectivity index (χ1n) is 13.1. The summed E-state index contributed by atoms with van der Waals surface area (Å²) in [6.45, 7) is 3.99. The fourth-order valence-electron chi connectivity index (χ4n) is 4.51. The average molecular weight is 586 g/mol. The van der Waals surface area contributed by atoms with Crippen LogP contribution in [-0.2, 0) is 14.6 Å². The van der Waals surface area contributed by atoms with E-state index in [1.807, 2.05) is 37.3 Å². The predicted molar refractivity (Wildman–Crippen MR) is 162 cm³/mol. The van der Waals surface area contributed by atoms with Gasteiger partial charge < -0.3 is 20.1 Å². The number of carboxylic acid groups (broad SMARTS) is 1. The lowest BCUT2D eigenvalue weighted by molar-refractivity contribution is -0.114. The molecule has 9 nitrogen and oxygen atoms in total. The molecule has 0 saturated heterocycles. The van der Waals surface area contributed by atoms with Gasteiger partial charge in [0.15, 0.2) is 5.37 Å². The van der Waals surface area contributed by atoms with E-state index < -0.39 is 21.2 Å². The number of hydrogen-bond donors (Lipinski definition) is 2. The molecule has 4 rings (SSSR count). The van der Waals surface area contributed by atoms with Crippen molar-refractivity contribution in [1.82, 2.24) is 4.98 Å². The van der Waals surface area contributed by atoms with E-state index in [1.165, 1.54) is 43.8 Å². The van der Waals surface area contributed by atoms with E-state index in [9.17, 15) is 23.1 Å². The number of benzene rings is 3. The van der Waals surface area contributed by atoms with Crippen molar-refractivity contribution in [3.05, 3.63) is 120 Å². The largest absolute Gasteiger partial charge is 0.497 e. The molecule has 1 amide bonds. The molecule has 0 spiro atoms. The van der Waals surface area contributed by atoms with Gasteiger partial charge in [0.2, 0.25) is 9.84 Å². The van der Waals surface area contributed by atoms with Crippen molar-refractivity contribution >= 4 is 39.2 Å². The van der Waals surface area contributed by atoms with Gasteiger partial charge >= 0.3 is 5.97 Å². The summed E-state index contributed by atoms with van der Waals surface area (Å²) in [5.74, 6) is -1.02. The highest BCUT2D eigenvalue weighted by atomic mass is 32.2. The van der Waals surface area contributed by atoms with Gasteiger partial charge in [-0.3, -0.25) is 9.78 Å². The number of amides is 1. The van der Waals surface area contributed by atoms with Crippen molar-refractivity contribution in [3.8, 4) is 5.75 Å². The molecule has 1 unspecified atom stereocenters. The van der Waals surface area contributed by atoms with Crippen LogP contribution in [0.15, 0.2) is 102 Å². The third kappa shape index (κ3) is 6.67. The first kappa shape index (κ1) is 30.0. The van der Waals surface area contributed by atoms with E-state index in [2.05, 4.69) is 10.3 Å². The fourth-order valence-corrected chi connectivity index (χ4v) is 6.06. The Morgan fingerprint density at radius 2 is 1.76 bits per heavy atom. The smallest absolute Gasteiger partial charge is 0.337 e. The quantitative estimate of drug-likeness (QED) is 0.213. The molecule has 1 atom stereocenters. The van der Waals surface area contributed by atoms with Crippen molar-refractivity contribution < 1.29 is 27.9 Å². The summed E-state index contributed by atoms with van der Waals surface area (Å²) in [5, 5.41) is 11.8. The lowest BCUT2D eigenvalue weighted by Gasteiger charge is -2.23. The summed E-state index contributed by atoms with van der Waals surface area (Å²) in [4.78, 5) is 31.0. The molecule has 0 aliphatic carbocycles. The van der Waals surface area contributed by atoms with Crippen LogP contribution in [0.25, 0.3) is 6.08 Å². The van der Waals surface area contributed by atoms with Crippen molar-refractivity contribution in [2.75, 3.05) is 23.9 Å². The monoisotopic (exact) mass is 585 g/mol. The summed E-state index contributed by atoms with van der Waals surface area (Å²) in [5.41, 5.74) is 2.03. The minimum atomic E-state index is -4.07. The Hall–Kier alpha value is -4.96. The number of aryl methyl sites for hydroxylation is 1. The van der Waals surface area contributed by atoms with Crippen LogP contribution in [0.5, 0.6) is 5.75 Å². The number of rotatable bonds is 11. The molecule has 2 N–H and O–H groups in total. The van der Waals surface area contributed by atoms with Crippen LogP contribution in [0.4, 0.5) is 11.4 Å². The lowest BCUT2D eigenvalue weighted by atomic mass is 10.0. The highest BCUT2D eigenvalue weighted by Gasteiger charge is 2.31. The van der Waals surface area contributed by atoms with Crippen LogP contribution in [0.2, 0.25) is 0 Å². The first-order chi connectivity index (χ1) is 20.1. The predicted octanol–water partition coefficient (Wildman–Crippen LogP) is 5.75. The van der Waals surface area contributed by atoms with Crippen LogP contribution < -0.4 is 15.0 Å². The zero-order valence-corrected chi connectivity index (χ0v) is 24.2. The second-order valence-corrected chi connectivity index (χ2v) is 11.4. The van der Waals surface area contributed by atoms with Gasteiger partial charge in [0.05, 0.1) is 23.3 Å². The van der Waals surface area contributed by atoms with Gasteiger partial charge in [0.1, 0.15) is 5.75 Å². The third-order valence-electron chi connectivity index (χ3n) is 6.62.